The Balaban J connectivity index is 2.40. The van der Waals surface area contributed by atoms with Gasteiger partial charge in [0.15, 0.2) is 0 Å². The van der Waals surface area contributed by atoms with E-state index in [-0.39, 0.29) is 17.8 Å². The van der Waals surface area contributed by atoms with Gasteiger partial charge in [0.25, 0.3) is 0 Å². The minimum Gasteiger partial charge on any atom is -0.453 e. The van der Waals surface area contributed by atoms with Crippen LogP contribution in [0.15, 0.2) is 63.3 Å². The predicted molar refractivity (Wildman–Crippen MR) is 119 cm³/mol. The second kappa shape index (κ2) is 11.6. The van der Waals surface area contributed by atoms with Crippen LogP contribution in [0.5, 0.6) is 0 Å². The van der Waals surface area contributed by atoms with Crippen molar-refractivity contribution in [3.63, 3.8) is 0 Å². The molecule has 0 aliphatic rings. The van der Waals surface area contributed by atoms with Gasteiger partial charge in [0, 0.05) is 15.7 Å². The molecule has 3 N–H and O–H groups in total. The zero-order valence-corrected chi connectivity index (χ0v) is 18.4. The lowest BCUT2D eigenvalue weighted by Gasteiger charge is -2.17. The summed E-state index contributed by atoms with van der Waals surface area (Å²) in [6, 6.07) is 15.1. The smallest absolute Gasteiger partial charge is 0.436 e. The number of aliphatic imine (C=N–C) groups is 1. The average Bonchev–Trinajstić information content (AvgIpc) is 2.75. The molecule has 3 amide bonds. The molecule has 0 spiro atoms. The SMILES string of the molecule is COC(=O)N=C(NC(=O)OC)Nc1cc(Sc2ccccc2)ccc1NC(=O)C(C)C. The molecule has 0 aromatic heterocycles. The molecular formula is C21H24N4O5S. The molecule has 0 fully saturated rings. The topological polar surface area (TPSA) is 118 Å². The number of alkyl carbamates (subject to hydrolysis) is 1. The Morgan fingerprint density at radius 2 is 1.61 bits per heavy atom. The van der Waals surface area contributed by atoms with Crippen molar-refractivity contribution in [3.05, 3.63) is 48.5 Å². The average molecular weight is 445 g/mol. The Hall–Kier alpha value is -3.53. The van der Waals surface area contributed by atoms with Crippen LogP contribution >= 0.6 is 11.8 Å². The highest BCUT2D eigenvalue weighted by molar-refractivity contribution is 7.99. The van der Waals surface area contributed by atoms with Gasteiger partial charge in [-0.25, -0.2) is 9.59 Å². The quantitative estimate of drug-likeness (QED) is 0.464. The number of benzene rings is 2. The van der Waals surface area contributed by atoms with Gasteiger partial charge < -0.3 is 20.1 Å². The van der Waals surface area contributed by atoms with Crippen LogP contribution < -0.4 is 16.0 Å². The lowest BCUT2D eigenvalue weighted by molar-refractivity contribution is -0.118. The minimum absolute atomic E-state index is 0.195. The molecule has 164 valence electrons. The van der Waals surface area contributed by atoms with Crippen LogP contribution in [0.2, 0.25) is 0 Å². The maximum Gasteiger partial charge on any atom is 0.436 e. The molecule has 2 rings (SSSR count). The summed E-state index contributed by atoms with van der Waals surface area (Å²) in [5.41, 5.74) is 0.856. The van der Waals surface area contributed by atoms with Crippen LogP contribution in [0, 0.1) is 5.92 Å². The summed E-state index contributed by atoms with van der Waals surface area (Å²) in [7, 11) is 2.34. The highest BCUT2D eigenvalue weighted by Crippen LogP contribution is 2.33. The first-order valence-electron chi connectivity index (χ1n) is 9.28. The summed E-state index contributed by atoms with van der Waals surface area (Å²) in [5, 5.41) is 7.98. The van der Waals surface area contributed by atoms with Crippen molar-refractivity contribution in [2.24, 2.45) is 10.9 Å². The zero-order chi connectivity index (χ0) is 22.8. The maximum absolute atomic E-state index is 12.2. The van der Waals surface area contributed by atoms with Gasteiger partial charge >= 0.3 is 12.2 Å². The standard InChI is InChI=1S/C21H24N4O5S/c1-13(2)18(26)22-16-11-10-15(31-14-8-6-5-7-9-14)12-17(16)23-19(24-20(27)29-3)25-21(28)30-4/h5-13H,1-4H3,(H,22,26)(H2,23,24,25,27,28). The number of nitrogens with one attached hydrogen (secondary N) is 3. The molecule has 2 aromatic carbocycles. The van der Waals surface area contributed by atoms with Gasteiger partial charge in [-0.1, -0.05) is 43.8 Å². The highest BCUT2D eigenvalue weighted by Gasteiger charge is 2.15. The third-order valence-electron chi connectivity index (χ3n) is 3.79. The lowest BCUT2D eigenvalue weighted by Crippen LogP contribution is -2.37. The summed E-state index contributed by atoms with van der Waals surface area (Å²) in [4.78, 5) is 41.1. The number of methoxy groups -OCH3 is 2. The number of ether oxygens (including phenoxy) is 2. The molecule has 2 aromatic rings. The maximum atomic E-state index is 12.2. The van der Waals surface area contributed by atoms with E-state index >= 15 is 0 Å². The first kappa shape index (κ1) is 23.7. The first-order chi connectivity index (χ1) is 14.8. The molecule has 0 saturated carbocycles. The molecule has 31 heavy (non-hydrogen) atoms. The molecule has 0 bridgehead atoms. The van der Waals surface area contributed by atoms with Crippen molar-refractivity contribution >= 4 is 47.2 Å². The largest absolute Gasteiger partial charge is 0.453 e. The Bertz CT molecular complexity index is 963. The third-order valence-corrected chi connectivity index (χ3v) is 4.79. The number of rotatable bonds is 5. The fourth-order valence-corrected chi connectivity index (χ4v) is 3.08. The van der Waals surface area contributed by atoms with E-state index in [1.54, 1.807) is 26.0 Å². The molecule has 0 radical (unpaired) electrons. The number of hydrogen-bond acceptors (Lipinski definition) is 6. The number of nitrogens with zero attached hydrogens (tertiary/aromatic N) is 1. The van der Waals surface area contributed by atoms with Gasteiger partial charge in [-0.05, 0) is 30.3 Å². The first-order valence-corrected chi connectivity index (χ1v) is 10.1. The summed E-state index contributed by atoms with van der Waals surface area (Å²) < 4.78 is 9.10. The molecule has 0 unspecified atom stereocenters. The van der Waals surface area contributed by atoms with Crippen LogP contribution in [-0.2, 0) is 14.3 Å². The summed E-state index contributed by atoms with van der Waals surface area (Å²) in [5.74, 6) is -0.665. The number of carbonyl (C=O) groups excluding carboxylic acids is 3. The number of guanidine groups is 1. The lowest BCUT2D eigenvalue weighted by atomic mass is 10.2. The van der Waals surface area contributed by atoms with Crippen molar-refractivity contribution in [3.8, 4) is 0 Å². The fraction of sp³-hybridized carbons (Fsp3) is 0.238. The van der Waals surface area contributed by atoms with Crippen molar-refractivity contribution in [1.29, 1.82) is 0 Å². The van der Waals surface area contributed by atoms with E-state index in [1.807, 2.05) is 36.4 Å². The van der Waals surface area contributed by atoms with Crippen LogP contribution in [0.4, 0.5) is 21.0 Å². The van der Waals surface area contributed by atoms with E-state index in [0.717, 1.165) is 16.9 Å². The Labute approximate surface area is 184 Å². The molecular weight excluding hydrogens is 420 g/mol. The molecule has 0 heterocycles. The van der Waals surface area contributed by atoms with E-state index in [1.165, 1.54) is 18.9 Å². The Morgan fingerprint density at radius 1 is 0.903 bits per heavy atom. The third kappa shape index (κ3) is 7.67. The van der Waals surface area contributed by atoms with E-state index < -0.39 is 12.2 Å². The molecule has 10 heteroatoms. The van der Waals surface area contributed by atoms with E-state index in [9.17, 15) is 14.4 Å². The molecule has 0 saturated heterocycles. The zero-order valence-electron chi connectivity index (χ0n) is 17.6. The second-order valence-corrected chi connectivity index (χ2v) is 7.59. The molecule has 0 aliphatic carbocycles. The minimum atomic E-state index is -0.929. The van der Waals surface area contributed by atoms with Crippen LogP contribution in [0.3, 0.4) is 0 Å². The van der Waals surface area contributed by atoms with Gasteiger partial charge in [0.1, 0.15) is 0 Å². The highest BCUT2D eigenvalue weighted by atomic mass is 32.2. The van der Waals surface area contributed by atoms with Crippen molar-refractivity contribution in [2.45, 2.75) is 23.6 Å². The van der Waals surface area contributed by atoms with Gasteiger partial charge in [0.05, 0.1) is 25.6 Å². The molecule has 0 aliphatic heterocycles. The molecule has 9 nitrogen and oxygen atoms in total. The monoisotopic (exact) mass is 444 g/mol. The predicted octanol–water partition coefficient (Wildman–Crippen LogP) is 4.32. The number of hydrogen-bond donors (Lipinski definition) is 3. The van der Waals surface area contributed by atoms with E-state index in [0.29, 0.717) is 11.4 Å². The summed E-state index contributed by atoms with van der Waals surface area (Å²) >= 11 is 1.50. The van der Waals surface area contributed by atoms with Gasteiger partial charge in [0.2, 0.25) is 11.9 Å². The second-order valence-electron chi connectivity index (χ2n) is 6.44. The normalized spacial score (nSPS) is 10.9. The fourth-order valence-electron chi connectivity index (χ4n) is 2.20. The molecule has 0 atom stereocenters. The van der Waals surface area contributed by atoms with Gasteiger partial charge in [-0.3, -0.25) is 10.1 Å². The Kier molecular flexibility index (Phi) is 8.89. The van der Waals surface area contributed by atoms with Crippen LogP contribution in [0.25, 0.3) is 0 Å². The Morgan fingerprint density at radius 3 is 2.23 bits per heavy atom. The summed E-state index contributed by atoms with van der Waals surface area (Å²) in [6.07, 6.45) is -1.76. The van der Waals surface area contributed by atoms with Gasteiger partial charge in [-0.15, -0.1) is 4.99 Å². The van der Waals surface area contributed by atoms with Crippen molar-refractivity contribution in [1.82, 2.24) is 5.32 Å². The van der Waals surface area contributed by atoms with Crippen LogP contribution in [-0.4, -0.2) is 38.3 Å². The number of anilines is 2. The number of amides is 3. The van der Waals surface area contributed by atoms with E-state index in [4.69, 9.17) is 0 Å². The van der Waals surface area contributed by atoms with E-state index in [2.05, 4.69) is 30.4 Å². The van der Waals surface area contributed by atoms with Crippen molar-refractivity contribution in [2.75, 3.05) is 24.9 Å². The van der Waals surface area contributed by atoms with Crippen molar-refractivity contribution < 1.29 is 23.9 Å². The van der Waals surface area contributed by atoms with Crippen LogP contribution in [0.1, 0.15) is 13.8 Å². The number of carbonyl (C=O) groups is 3. The summed E-state index contributed by atoms with van der Waals surface area (Å²) in [6.45, 7) is 3.54. The van der Waals surface area contributed by atoms with Gasteiger partial charge in [-0.2, -0.15) is 0 Å².